The monoisotopic (exact) mass is 327 g/mol. The van der Waals surface area contributed by atoms with Gasteiger partial charge in [-0.1, -0.05) is 18.2 Å². The third kappa shape index (κ3) is 2.62. The van der Waals surface area contributed by atoms with E-state index in [-0.39, 0.29) is 12.0 Å². The zero-order valence-electron chi connectivity index (χ0n) is 14.2. The number of piperazine rings is 1. The number of benzene rings is 1. The van der Waals surface area contributed by atoms with Crippen molar-refractivity contribution in [3.8, 4) is 0 Å². The summed E-state index contributed by atoms with van der Waals surface area (Å²) < 4.78 is 2.02. The minimum Gasteiger partial charge on any atom is -0.391 e. The maximum absolute atomic E-state index is 13.0. The number of para-hydroxylation sites is 1. The SMILES string of the molecule is Cn1cc(C(=O)N2CCN([C@H]3CCC[C@H]3O)CC2)c2ccccc21. The Balaban J connectivity index is 1.48. The summed E-state index contributed by atoms with van der Waals surface area (Å²) in [5.41, 5.74) is 1.89. The molecule has 5 heteroatoms. The number of aryl methyl sites for hydroxylation is 1. The van der Waals surface area contributed by atoms with Crippen molar-refractivity contribution in [2.75, 3.05) is 26.2 Å². The second-order valence-electron chi connectivity index (χ2n) is 7.06. The number of fused-ring (bicyclic) bond motifs is 1. The first-order chi connectivity index (χ1) is 11.6. The number of aliphatic hydroxyl groups excluding tert-OH is 1. The lowest BCUT2D eigenvalue weighted by molar-refractivity contribution is 0.0316. The molecule has 1 N–H and O–H groups in total. The van der Waals surface area contributed by atoms with Crippen molar-refractivity contribution in [1.29, 1.82) is 0 Å². The van der Waals surface area contributed by atoms with Crippen LogP contribution in [0.3, 0.4) is 0 Å². The van der Waals surface area contributed by atoms with Crippen LogP contribution >= 0.6 is 0 Å². The molecular formula is C19H25N3O2. The molecule has 0 bridgehead atoms. The van der Waals surface area contributed by atoms with Gasteiger partial charge in [-0.05, 0) is 25.3 Å². The molecule has 2 heterocycles. The Hall–Kier alpha value is -1.85. The Bertz CT molecular complexity index is 746. The molecule has 1 aromatic carbocycles. The highest BCUT2D eigenvalue weighted by atomic mass is 16.3. The van der Waals surface area contributed by atoms with Gasteiger partial charge in [0.2, 0.25) is 0 Å². The second-order valence-corrected chi connectivity index (χ2v) is 7.06. The predicted molar refractivity (Wildman–Crippen MR) is 94.0 cm³/mol. The quantitative estimate of drug-likeness (QED) is 0.916. The van der Waals surface area contributed by atoms with E-state index in [4.69, 9.17) is 0 Å². The Morgan fingerprint density at radius 1 is 1.12 bits per heavy atom. The lowest BCUT2D eigenvalue weighted by atomic mass is 10.1. The van der Waals surface area contributed by atoms with Gasteiger partial charge in [-0.25, -0.2) is 0 Å². The maximum atomic E-state index is 13.0. The lowest BCUT2D eigenvalue weighted by Gasteiger charge is -2.39. The number of carbonyl (C=O) groups excluding carboxylic acids is 1. The third-order valence-electron chi connectivity index (χ3n) is 5.64. The maximum Gasteiger partial charge on any atom is 0.256 e. The fraction of sp³-hybridized carbons (Fsp3) is 0.526. The van der Waals surface area contributed by atoms with Crippen LogP contribution in [0, 0.1) is 0 Å². The van der Waals surface area contributed by atoms with Gasteiger partial charge in [0.05, 0.1) is 11.7 Å². The molecule has 1 aliphatic carbocycles. The average molecular weight is 327 g/mol. The number of hydrogen-bond donors (Lipinski definition) is 1. The summed E-state index contributed by atoms with van der Waals surface area (Å²) in [5.74, 6) is 0.124. The minimum absolute atomic E-state index is 0.124. The minimum atomic E-state index is -0.190. The highest BCUT2D eigenvalue weighted by Crippen LogP contribution is 2.26. The molecule has 1 saturated carbocycles. The van der Waals surface area contributed by atoms with E-state index in [0.29, 0.717) is 6.04 Å². The zero-order chi connectivity index (χ0) is 16.7. The largest absolute Gasteiger partial charge is 0.391 e. The molecule has 128 valence electrons. The highest BCUT2D eigenvalue weighted by Gasteiger charge is 2.33. The number of aliphatic hydroxyl groups is 1. The normalized spacial score (nSPS) is 25.5. The van der Waals surface area contributed by atoms with Gasteiger partial charge < -0.3 is 14.6 Å². The number of nitrogens with zero attached hydrogens (tertiary/aromatic N) is 3. The van der Waals surface area contributed by atoms with Gasteiger partial charge in [-0.3, -0.25) is 9.69 Å². The Morgan fingerprint density at radius 3 is 2.58 bits per heavy atom. The summed E-state index contributed by atoms with van der Waals surface area (Å²) in [7, 11) is 1.98. The van der Waals surface area contributed by atoms with Crippen LogP contribution < -0.4 is 0 Å². The molecule has 5 nitrogen and oxygen atoms in total. The molecule has 0 radical (unpaired) electrons. The number of rotatable bonds is 2. The second kappa shape index (κ2) is 6.22. The van der Waals surface area contributed by atoms with Gasteiger partial charge >= 0.3 is 0 Å². The molecule has 1 saturated heterocycles. The van der Waals surface area contributed by atoms with Crippen molar-refractivity contribution in [2.24, 2.45) is 7.05 Å². The molecule has 24 heavy (non-hydrogen) atoms. The first-order valence-corrected chi connectivity index (χ1v) is 8.90. The van der Waals surface area contributed by atoms with Gasteiger partial charge in [0.25, 0.3) is 5.91 Å². The standard InChI is InChI=1S/C19H25N3O2/c1-20-13-15(14-5-2-3-6-16(14)20)19(24)22-11-9-21(10-12-22)17-7-4-8-18(17)23/h2-3,5-6,13,17-18,23H,4,7-12H2,1H3/t17-,18+/m0/s1. The van der Waals surface area contributed by atoms with Crippen molar-refractivity contribution in [2.45, 2.75) is 31.4 Å². The lowest BCUT2D eigenvalue weighted by Crippen LogP contribution is -2.53. The molecule has 1 aromatic heterocycles. The summed E-state index contributed by atoms with van der Waals surface area (Å²) in [6.45, 7) is 3.20. The summed E-state index contributed by atoms with van der Waals surface area (Å²) in [5, 5.41) is 11.1. The number of carbonyl (C=O) groups is 1. The molecule has 2 fully saturated rings. The molecular weight excluding hydrogens is 302 g/mol. The van der Waals surface area contributed by atoms with E-state index < -0.39 is 0 Å². The molecule has 2 aliphatic rings. The topological polar surface area (TPSA) is 48.7 Å². The van der Waals surface area contributed by atoms with E-state index in [1.807, 2.05) is 47.0 Å². The summed E-state index contributed by atoms with van der Waals surface area (Å²) >= 11 is 0. The van der Waals surface area contributed by atoms with Crippen LogP contribution in [0.4, 0.5) is 0 Å². The Labute approximate surface area is 142 Å². The predicted octanol–water partition coefficient (Wildman–Crippen LogP) is 1.85. The summed E-state index contributed by atoms with van der Waals surface area (Å²) in [6, 6.07) is 8.35. The summed E-state index contributed by atoms with van der Waals surface area (Å²) in [4.78, 5) is 17.3. The van der Waals surface area contributed by atoms with Crippen molar-refractivity contribution in [3.05, 3.63) is 36.0 Å². The average Bonchev–Trinajstić information content (AvgIpc) is 3.19. The van der Waals surface area contributed by atoms with E-state index in [0.717, 1.165) is 61.9 Å². The smallest absolute Gasteiger partial charge is 0.256 e. The van der Waals surface area contributed by atoms with Crippen LogP contribution in [0.5, 0.6) is 0 Å². The van der Waals surface area contributed by atoms with Gasteiger partial charge in [-0.2, -0.15) is 0 Å². The highest BCUT2D eigenvalue weighted by molar-refractivity contribution is 6.07. The Kier molecular flexibility index (Phi) is 4.06. The molecule has 0 spiro atoms. The summed E-state index contributed by atoms with van der Waals surface area (Å²) in [6.07, 6.45) is 4.87. The van der Waals surface area contributed by atoms with E-state index in [1.54, 1.807) is 0 Å². The van der Waals surface area contributed by atoms with Gasteiger partial charge in [0, 0.05) is 56.4 Å². The van der Waals surface area contributed by atoms with Gasteiger partial charge in [-0.15, -0.1) is 0 Å². The zero-order valence-corrected chi connectivity index (χ0v) is 14.2. The van der Waals surface area contributed by atoms with E-state index >= 15 is 0 Å². The number of hydrogen-bond acceptors (Lipinski definition) is 3. The third-order valence-corrected chi connectivity index (χ3v) is 5.64. The van der Waals surface area contributed by atoms with Crippen LogP contribution in [0.15, 0.2) is 30.5 Å². The number of aromatic nitrogens is 1. The van der Waals surface area contributed by atoms with Crippen LogP contribution in [0.25, 0.3) is 10.9 Å². The first-order valence-electron chi connectivity index (χ1n) is 8.90. The van der Waals surface area contributed by atoms with Crippen LogP contribution in [0.2, 0.25) is 0 Å². The van der Waals surface area contributed by atoms with E-state index in [9.17, 15) is 9.90 Å². The van der Waals surface area contributed by atoms with E-state index in [1.165, 1.54) is 0 Å². The van der Waals surface area contributed by atoms with Crippen molar-refractivity contribution in [3.63, 3.8) is 0 Å². The first kappa shape index (κ1) is 15.7. The molecule has 4 rings (SSSR count). The van der Waals surface area contributed by atoms with Crippen molar-refractivity contribution in [1.82, 2.24) is 14.4 Å². The van der Waals surface area contributed by atoms with Crippen molar-refractivity contribution < 1.29 is 9.90 Å². The molecule has 2 atom stereocenters. The van der Waals surface area contributed by atoms with Crippen LogP contribution in [-0.2, 0) is 7.05 Å². The molecule has 1 amide bonds. The van der Waals surface area contributed by atoms with Crippen LogP contribution in [-0.4, -0.2) is 63.7 Å². The van der Waals surface area contributed by atoms with Crippen molar-refractivity contribution >= 4 is 16.8 Å². The molecule has 0 unspecified atom stereocenters. The fourth-order valence-electron chi connectivity index (χ4n) is 4.29. The Morgan fingerprint density at radius 2 is 1.88 bits per heavy atom. The van der Waals surface area contributed by atoms with Crippen LogP contribution in [0.1, 0.15) is 29.6 Å². The fourth-order valence-corrected chi connectivity index (χ4v) is 4.29. The molecule has 2 aromatic rings. The number of amides is 1. The van der Waals surface area contributed by atoms with E-state index in [2.05, 4.69) is 4.90 Å². The van der Waals surface area contributed by atoms with Gasteiger partial charge in [0.1, 0.15) is 0 Å². The van der Waals surface area contributed by atoms with Gasteiger partial charge in [0.15, 0.2) is 0 Å². The molecule has 1 aliphatic heterocycles.